The number of thiocarbonyl (C=S) groups is 1. The first-order chi connectivity index (χ1) is 11.7. The topological polar surface area (TPSA) is 47.9 Å². The second-order valence-corrected chi connectivity index (χ2v) is 8.18. The summed E-state index contributed by atoms with van der Waals surface area (Å²) in [5, 5.41) is 2.45. The number of hydrogen-bond acceptors (Lipinski definition) is 6. The first-order valence-corrected chi connectivity index (χ1v) is 9.42. The summed E-state index contributed by atoms with van der Waals surface area (Å²) in [6, 6.07) is 7.62. The number of aliphatic imine (C=N–C) groups is 1. The third-order valence-electron chi connectivity index (χ3n) is 4.44. The number of hydrogen-bond donors (Lipinski definition) is 0. The van der Waals surface area contributed by atoms with E-state index < -0.39 is 18.3 Å². The zero-order valence-corrected chi connectivity index (χ0v) is 16.8. The molecule has 0 aromatic heterocycles. The van der Waals surface area contributed by atoms with Crippen LogP contribution in [-0.4, -0.2) is 34.3 Å². The molecule has 0 amide bonds. The predicted octanol–water partition coefficient (Wildman–Crippen LogP) is 4.72. The molecule has 4 nitrogen and oxygen atoms in total. The Morgan fingerprint density at radius 3 is 2.44 bits per heavy atom. The van der Waals surface area contributed by atoms with E-state index in [0.29, 0.717) is 5.75 Å². The first-order valence-electron chi connectivity index (χ1n) is 8.02. The third kappa shape index (κ3) is 4.90. The molecule has 7 heteroatoms. The van der Waals surface area contributed by atoms with E-state index in [1.807, 2.05) is 58.0 Å². The van der Waals surface area contributed by atoms with Crippen LogP contribution in [0.2, 0.25) is 0 Å². The number of rotatable bonds is 5. The molecule has 1 fully saturated rings. The smallest absolute Gasteiger partial charge is 0.400 e. The van der Waals surface area contributed by atoms with Crippen molar-refractivity contribution in [3.05, 3.63) is 35.3 Å². The highest BCUT2D eigenvalue weighted by atomic mass is 32.2. The maximum absolute atomic E-state index is 11.5. The van der Waals surface area contributed by atoms with E-state index in [1.165, 1.54) is 11.8 Å². The Morgan fingerprint density at radius 2 is 1.88 bits per heavy atom. The van der Waals surface area contributed by atoms with Gasteiger partial charge in [0.2, 0.25) is 0 Å². The van der Waals surface area contributed by atoms with E-state index in [9.17, 15) is 4.79 Å². The van der Waals surface area contributed by atoms with Crippen molar-refractivity contribution < 1.29 is 14.1 Å². The molecule has 1 aromatic rings. The standard InChI is InChI=1S/C18H22BNO3S2/c1-13(21)25-11-15(19-22-17(2,3)18(4,5)23-19)10-14-8-6-7-9-16(14)20-12-24/h6-10H,11H2,1-5H3. The van der Waals surface area contributed by atoms with Gasteiger partial charge in [0.25, 0.3) is 0 Å². The van der Waals surface area contributed by atoms with Gasteiger partial charge in [0, 0.05) is 18.2 Å². The highest BCUT2D eigenvalue weighted by Gasteiger charge is 2.52. The Bertz CT molecular complexity index is 724. The number of para-hydroxylation sites is 1. The maximum Gasteiger partial charge on any atom is 0.491 e. The van der Waals surface area contributed by atoms with E-state index in [4.69, 9.17) is 21.5 Å². The number of isothiocyanates is 1. The van der Waals surface area contributed by atoms with E-state index in [1.54, 1.807) is 6.92 Å². The van der Waals surface area contributed by atoms with Gasteiger partial charge in [0.1, 0.15) is 0 Å². The molecule has 1 saturated heterocycles. The minimum Gasteiger partial charge on any atom is -0.400 e. The average Bonchev–Trinajstić information content (AvgIpc) is 2.73. The summed E-state index contributed by atoms with van der Waals surface area (Å²) < 4.78 is 12.3. The maximum atomic E-state index is 11.5. The van der Waals surface area contributed by atoms with Gasteiger partial charge in [-0.2, -0.15) is 4.99 Å². The SMILES string of the molecule is CC(=O)SCC(=Cc1ccccc1N=C=S)B1OC(C)(C)C(C)(C)O1. The summed E-state index contributed by atoms with van der Waals surface area (Å²) in [6.45, 7) is 9.58. The fraction of sp³-hybridized carbons (Fsp3) is 0.444. The van der Waals surface area contributed by atoms with Crippen LogP contribution in [0.1, 0.15) is 40.2 Å². The predicted molar refractivity (Wildman–Crippen MR) is 108 cm³/mol. The van der Waals surface area contributed by atoms with Gasteiger partial charge < -0.3 is 9.31 Å². The Morgan fingerprint density at radius 1 is 1.28 bits per heavy atom. The van der Waals surface area contributed by atoms with Gasteiger partial charge >= 0.3 is 7.12 Å². The van der Waals surface area contributed by atoms with Gasteiger partial charge in [-0.1, -0.05) is 36.0 Å². The van der Waals surface area contributed by atoms with Crippen molar-refractivity contribution in [3.8, 4) is 0 Å². The van der Waals surface area contributed by atoms with Crippen LogP contribution in [0.15, 0.2) is 34.7 Å². The van der Waals surface area contributed by atoms with Crippen LogP contribution in [-0.2, 0) is 14.1 Å². The average molecular weight is 375 g/mol. The summed E-state index contributed by atoms with van der Waals surface area (Å²) in [5.74, 6) is 0.488. The van der Waals surface area contributed by atoms with Crippen molar-refractivity contribution in [2.24, 2.45) is 4.99 Å². The molecule has 0 N–H and O–H groups in total. The van der Waals surface area contributed by atoms with Gasteiger partial charge in [-0.15, -0.1) is 0 Å². The lowest BCUT2D eigenvalue weighted by molar-refractivity contribution is -0.109. The minimum absolute atomic E-state index is 0.0487. The van der Waals surface area contributed by atoms with E-state index in [-0.39, 0.29) is 5.12 Å². The molecule has 1 aliphatic heterocycles. The highest BCUT2D eigenvalue weighted by Crippen LogP contribution is 2.39. The van der Waals surface area contributed by atoms with Crippen LogP contribution < -0.4 is 0 Å². The number of nitrogens with zero attached hydrogens (tertiary/aromatic N) is 1. The second kappa shape index (κ2) is 7.98. The summed E-state index contributed by atoms with van der Waals surface area (Å²) >= 11 is 5.96. The molecule has 1 aromatic carbocycles. The Labute approximate surface area is 159 Å². The van der Waals surface area contributed by atoms with E-state index in [2.05, 4.69) is 10.2 Å². The van der Waals surface area contributed by atoms with Crippen molar-refractivity contribution in [2.75, 3.05) is 5.75 Å². The number of carbonyl (C=O) groups excluding carboxylic acids is 1. The Hall–Kier alpha value is -1.24. The van der Waals surface area contributed by atoms with Gasteiger partial charge in [-0.3, -0.25) is 4.79 Å². The van der Waals surface area contributed by atoms with Crippen molar-refractivity contribution in [1.82, 2.24) is 0 Å². The Balaban J connectivity index is 2.40. The van der Waals surface area contributed by atoms with Crippen LogP contribution >= 0.6 is 24.0 Å². The lowest BCUT2D eigenvalue weighted by Gasteiger charge is -2.32. The lowest BCUT2D eigenvalue weighted by atomic mass is 9.78. The molecular weight excluding hydrogens is 353 g/mol. The largest absolute Gasteiger partial charge is 0.491 e. The van der Waals surface area contributed by atoms with Gasteiger partial charge in [0.15, 0.2) is 5.12 Å². The molecule has 0 aliphatic carbocycles. The van der Waals surface area contributed by atoms with Crippen LogP contribution in [0.25, 0.3) is 6.08 Å². The second-order valence-electron chi connectivity index (χ2n) is 6.85. The number of benzene rings is 1. The van der Waals surface area contributed by atoms with Gasteiger partial charge in [-0.05, 0) is 51.5 Å². The van der Waals surface area contributed by atoms with Crippen LogP contribution in [0.4, 0.5) is 5.69 Å². The van der Waals surface area contributed by atoms with Gasteiger partial charge in [0.05, 0.1) is 22.1 Å². The lowest BCUT2D eigenvalue weighted by Crippen LogP contribution is -2.41. The van der Waals surface area contributed by atoms with Crippen LogP contribution in [0, 0.1) is 0 Å². The molecule has 0 radical (unpaired) electrons. The molecule has 1 aliphatic rings. The zero-order chi connectivity index (χ0) is 18.7. The monoisotopic (exact) mass is 375 g/mol. The molecule has 0 bridgehead atoms. The summed E-state index contributed by atoms with van der Waals surface area (Å²) in [7, 11) is -0.513. The van der Waals surface area contributed by atoms with Gasteiger partial charge in [-0.25, -0.2) is 0 Å². The van der Waals surface area contributed by atoms with Crippen LogP contribution in [0.3, 0.4) is 0 Å². The molecule has 0 saturated carbocycles. The quantitative estimate of drug-likeness (QED) is 0.424. The molecule has 1 heterocycles. The fourth-order valence-corrected chi connectivity index (χ4v) is 3.01. The minimum atomic E-state index is -0.513. The Kier molecular flexibility index (Phi) is 6.41. The fourth-order valence-electron chi connectivity index (χ4n) is 2.32. The molecule has 2 rings (SSSR count). The zero-order valence-electron chi connectivity index (χ0n) is 15.2. The summed E-state index contributed by atoms with van der Waals surface area (Å²) in [6.07, 6.45) is 1.96. The summed E-state index contributed by atoms with van der Waals surface area (Å²) in [4.78, 5) is 15.6. The molecule has 0 atom stereocenters. The third-order valence-corrected chi connectivity index (χ3v) is 5.42. The molecule has 0 spiro atoms. The number of carbonyl (C=O) groups is 1. The van der Waals surface area contributed by atoms with Crippen molar-refractivity contribution in [1.29, 1.82) is 0 Å². The normalized spacial score (nSPS) is 18.8. The van der Waals surface area contributed by atoms with E-state index >= 15 is 0 Å². The molecule has 0 unspecified atom stereocenters. The summed E-state index contributed by atoms with van der Waals surface area (Å²) in [5.41, 5.74) is 1.60. The van der Waals surface area contributed by atoms with Crippen molar-refractivity contribution >= 4 is 53.1 Å². The molecular formula is C18H22BNO3S2. The van der Waals surface area contributed by atoms with Crippen molar-refractivity contribution in [2.45, 2.75) is 45.8 Å². The molecule has 132 valence electrons. The van der Waals surface area contributed by atoms with Crippen LogP contribution in [0.5, 0.6) is 0 Å². The molecule has 25 heavy (non-hydrogen) atoms. The van der Waals surface area contributed by atoms with Crippen molar-refractivity contribution in [3.63, 3.8) is 0 Å². The number of thioether (sulfide) groups is 1. The first kappa shape index (κ1) is 20.1. The highest BCUT2D eigenvalue weighted by molar-refractivity contribution is 8.13. The van der Waals surface area contributed by atoms with E-state index in [0.717, 1.165) is 16.7 Å².